The first-order chi connectivity index (χ1) is 6.19. The van der Waals surface area contributed by atoms with Crippen molar-refractivity contribution in [2.24, 2.45) is 5.84 Å². The molecule has 70 valence electrons. The van der Waals surface area contributed by atoms with Crippen LogP contribution >= 0.6 is 12.6 Å². The van der Waals surface area contributed by atoms with Gasteiger partial charge in [0.1, 0.15) is 0 Å². The maximum atomic E-state index is 11.1. The van der Waals surface area contributed by atoms with Gasteiger partial charge in [0, 0.05) is 4.90 Å². The second kappa shape index (κ2) is 4.15. The zero-order valence-corrected chi connectivity index (χ0v) is 7.97. The van der Waals surface area contributed by atoms with Gasteiger partial charge in [-0.2, -0.15) is 0 Å². The molecule has 13 heavy (non-hydrogen) atoms. The minimum atomic E-state index is -0.398. The van der Waals surface area contributed by atoms with Crippen molar-refractivity contribution in [3.05, 3.63) is 23.8 Å². The SMILES string of the molecule is COC(=O)c1ccc(S)c(NN)c1. The van der Waals surface area contributed by atoms with Crippen molar-refractivity contribution >= 4 is 24.3 Å². The molecule has 4 nitrogen and oxygen atoms in total. The lowest BCUT2D eigenvalue weighted by Crippen LogP contribution is -2.09. The molecule has 1 aromatic carbocycles. The minimum Gasteiger partial charge on any atom is -0.465 e. The maximum Gasteiger partial charge on any atom is 0.337 e. The summed E-state index contributed by atoms with van der Waals surface area (Å²) in [7, 11) is 1.33. The van der Waals surface area contributed by atoms with Gasteiger partial charge in [-0.25, -0.2) is 4.79 Å². The van der Waals surface area contributed by atoms with Crippen LogP contribution in [0.1, 0.15) is 10.4 Å². The maximum absolute atomic E-state index is 11.1. The van der Waals surface area contributed by atoms with Crippen molar-refractivity contribution in [1.82, 2.24) is 0 Å². The number of ether oxygens (including phenoxy) is 1. The molecule has 0 heterocycles. The molecule has 0 atom stereocenters. The average molecular weight is 198 g/mol. The molecule has 0 bridgehead atoms. The zero-order valence-electron chi connectivity index (χ0n) is 7.07. The highest BCUT2D eigenvalue weighted by Crippen LogP contribution is 2.20. The molecule has 0 spiro atoms. The molecule has 1 aromatic rings. The Morgan fingerprint density at radius 1 is 1.62 bits per heavy atom. The van der Waals surface area contributed by atoms with E-state index in [1.807, 2.05) is 0 Å². The van der Waals surface area contributed by atoms with Crippen molar-refractivity contribution in [3.8, 4) is 0 Å². The lowest BCUT2D eigenvalue weighted by molar-refractivity contribution is 0.0600. The Bertz CT molecular complexity index is 328. The number of carbonyl (C=O) groups is 1. The van der Waals surface area contributed by atoms with E-state index in [1.165, 1.54) is 7.11 Å². The third-order valence-corrected chi connectivity index (χ3v) is 1.96. The summed E-state index contributed by atoms with van der Waals surface area (Å²) in [4.78, 5) is 11.8. The summed E-state index contributed by atoms with van der Waals surface area (Å²) < 4.78 is 4.54. The van der Waals surface area contributed by atoms with Crippen LogP contribution in [0.15, 0.2) is 23.1 Å². The van der Waals surface area contributed by atoms with Crippen LogP contribution in [0.2, 0.25) is 0 Å². The topological polar surface area (TPSA) is 64.3 Å². The van der Waals surface area contributed by atoms with Gasteiger partial charge in [0.05, 0.1) is 18.4 Å². The number of nitrogens with two attached hydrogens (primary N) is 1. The van der Waals surface area contributed by atoms with Gasteiger partial charge in [0.15, 0.2) is 0 Å². The predicted octanol–water partition coefficient (Wildman–Crippen LogP) is 1.05. The molecule has 1 rings (SSSR count). The molecule has 0 aliphatic rings. The van der Waals surface area contributed by atoms with Crippen molar-refractivity contribution in [1.29, 1.82) is 0 Å². The van der Waals surface area contributed by atoms with E-state index in [1.54, 1.807) is 18.2 Å². The summed E-state index contributed by atoms with van der Waals surface area (Å²) in [5, 5.41) is 0. The largest absolute Gasteiger partial charge is 0.465 e. The number of nitrogen functional groups attached to an aromatic ring is 1. The lowest BCUT2D eigenvalue weighted by atomic mass is 10.2. The smallest absolute Gasteiger partial charge is 0.337 e. The first-order valence-corrected chi connectivity index (χ1v) is 4.01. The summed E-state index contributed by atoms with van der Waals surface area (Å²) in [6, 6.07) is 4.87. The van der Waals surface area contributed by atoms with E-state index in [0.717, 1.165) is 0 Å². The normalized spacial score (nSPS) is 9.46. The first-order valence-electron chi connectivity index (χ1n) is 3.57. The van der Waals surface area contributed by atoms with Gasteiger partial charge < -0.3 is 10.2 Å². The number of esters is 1. The molecular weight excluding hydrogens is 188 g/mol. The molecule has 0 saturated heterocycles. The number of benzene rings is 1. The van der Waals surface area contributed by atoms with Crippen LogP contribution in [-0.2, 0) is 4.74 Å². The third-order valence-electron chi connectivity index (χ3n) is 1.57. The number of rotatable bonds is 2. The van der Waals surface area contributed by atoms with E-state index >= 15 is 0 Å². The Labute approximate surface area is 81.5 Å². The number of carbonyl (C=O) groups excluding carboxylic acids is 1. The number of anilines is 1. The fourth-order valence-corrected chi connectivity index (χ4v) is 1.10. The van der Waals surface area contributed by atoms with Gasteiger partial charge >= 0.3 is 5.97 Å². The Morgan fingerprint density at radius 2 is 2.31 bits per heavy atom. The Balaban J connectivity index is 3.06. The number of hydrogen-bond acceptors (Lipinski definition) is 5. The molecule has 0 amide bonds. The van der Waals surface area contributed by atoms with Crippen molar-refractivity contribution in [3.63, 3.8) is 0 Å². The third kappa shape index (κ3) is 2.13. The Kier molecular flexibility index (Phi) is 3.16. The fourth-order valence-electron chi connectivity index (χ4n) is 0.896. The van der Waals surface area contributed by atoms with E-state index in [9.17, 15) is 4.79 Å². The predicted molar refractivity (Wildman–Crippen MR) is 52.8 cm³/mol. The van der Waals surface area contributed by atoms with Crippen LogP contribution < -0.4 is 11.3 Å². The molecule has 5 heteroatoms. The standard InChI is InChI=1S/C8H10N2O2S/c1-12-8(11)5-2-3-7(13)6(4-5)10-9/h2-4,10,13H,9H2,1H3. The van der Waals surface area contributed by atoms with Crippen molar-refractivity contribution in [2.75, 3.05) is 12.5 Å². The summed E-state index contributed by atoms with van der Waals surface area (Å²) in [5.41, 5.74) is 3.46. The molecule has 0 fully saturated rings. The summed E-state index contributed by atoms with van der Waals surface area (Å²) >= 11 is 4.13. The van der Waals surface area contributed by atoms with Gasteiger partial charge in [0.25, 0.3) is 0 Å². The molecule has 0 radical (unpaired) electrons. The van der Waals surface area contributed by atoms with Gasteiger partial charge in [-0.3, -0.25) is 5.84 Å². The molecule has 0 aliphatic carbocycles. The Hall–Kier alpha value is -1.20. The second-order valence-electron chi connectivity index (χ2n) is 2.37. The molecule has 0 aliphatic heterocycles. The van der Waals surface area contributed by atoms with E-state index in [0.29, 0.717) is 16.1 Å². The molecular formula is C8H10N2O2S. The van der Waals surface area contributed by atoms with Gasteiger partial charge in [-0.15, -0.1) is 12.6 Å². The van der Waals surface area contributed by atoms with Crippen LogP contribution in [0.4, 0.5) is 5.69 Å². The van der Waals surface area contributed by atoms with E-state index < -0.39 is 5.97 Å². The van der Waals surface area contributed by atoms with Crippen LogP contribution in [0.3, 0.4) is 0 Å². The van der Waals surface area contributed by atoms with E-state index in [2.05, 4.69) is 22.8 Å². The average Bonchev–Trinajstić information content (AvgIpc) is 2.17. The minimum absolute atomic E-state index is 0.398. The summed E-state index contributed by atoms with van der Waals surface area (Å²) in [5.74, 6) is 4.81. The van der Waals surface area contributed by atoms with E-state index in [-0.39, 0.29) is 0 Å². The number of nitrogens with one attached hydrogen (secondary N) is 1. The fraction of sp³-hybridized carbons (Fsp3) is 0.125. The highest BCUT2D eigenvalue weighted by molar-refractivity contribution is 7.80. The first kappa shape index (κ1) is 9.88. The second-order valence-corrected chi connectivity index (χ2v) is 2.85. The van der Waals surface area contributed by atoms with Crippen molar-refractivity contribution in [2.45, 2.75) is 4.90 Å². The highest BCUT2D eigenvalue weighted by atomic mass is 32.1. The van der Waals surface area contributed by atoms with Crippen LogP contribution in [0.5, 0.6) is 0 Å². The monoisotopic (exact) mass is 198 g/mol. The quantitative estimate of drug-likeness (QED) is 0.287. The molecule has 0 aromatic heterocycles. The van der Waals surface area contributed by atoms with Gasteiger partial charge in [0.2, 0.25) is 0 Å². The molecule has 0 unspecified atom stereocenters. The van der Waals surface area contributed by atoms with Crippen LogP contribution in [0, 0.1) is 0 Å². The van der Waals surface area contributed by atoms with Gasteiger partial charge in [-0.05, 0) is 18.2 Å². The van der Waals surface area contributed by atoms with Crippen LogP contribution in [-0.4, -0.2) is 13.1 Å². The number of hydrogen-bond donors (Lipinski definition) is 3. The summed E-state index contributed by atoms with van der Waals surface area (Å²) in [6.45, 7) is 0. The Morgan fingerprint density at radius 3 is 2.85 bits per heavy atom. The molecule has 3 N–H and O–H groups in total. The van der Waals surface area contributed by atoms with Gasteiger partial charge in [-0.1, -0.05) is 0 Å². The van der Waals surface area contributed by atoms with Crippen molar-refractivity contribution < 1.29 is 9.53 Å². The number of thiol groups is 1. The lowest BCUT2D eigenvalue weighted by Gasteiger charge is -2.05. The van der Waals surface area contributed by atoms with E-state index in [4.69, 9.17) is 5.84 Å². The molecule has 0 saturated carbocycles. The highest BCUT2D eigenvalue weighted by Gasteiger charge is 2.06. The summed E-state index contributed by atoms with van der Waals surface area (Å²) in [6.07, 6.45) is 0. The van der Waals surface area contributed by atoms with Crippen LogP contribution in [0.25, 0.3) is 0 Å². The zero-order chi connectivity index (χ0) is 9.84. The number of methoxy groups -OCH3 is 1. The number of hydrazine groups is 1.